The molecule has 3 nitrogen and oxygen atoms in total. The van der Waals surface area contributed by atoms with Crippen LogP contribution in [0.2, 0.25) is 0 Å². The molecule has 0 fully saturated rings. The second kappa shape index (κ2) is 6.98. The van der Waals surface area contributed by atoms with E-state index >= 15 is 0 Å². The molecule has 0 spiro atoms. The Morgan fingerprint density at radius 1 is 1.07 bits per heavy atom. The number of fused-ring (bicyclic) bond motifs is 2. The third kappa shape index (κ3) is 3.30. The number of hydrogen-bond acceptors (Lipinski definition) is 4. The standard InChI is InChI=1S/C26H32O3S/c1-8-16(2)23(27)29-17-11-22(30-14-17)26(7)15-28-21-13-19-18(12-20(21)26)24(3,4)9-10-25(19,5)6/h11-14H,2,8-10,15H2,1,3-7H3. The average molecular weight is 425 g/mol. The fraction of sp³-hybridized carbons (Fsp3) is 0.500. The van der Waals surface area contributed by atoms with Gasteiger partial charge in [0.05, 0.1) is 5.41 Å². The van der Waals surface area contributed by atoms with Crippen LogP contribution in [-0.4, -0.2) is 12.6 Å². The highest BCUT2D eigenvalue weighted by molar-refractivity contribution is 7.10. The number of esters is 1. The summed E-state index contributed by atoms with van der Waals surface area (Å²) in [5, 5.41) is 1.91. The van der Waals surface area contributed by atoms with Gasteiger partial charge in [0.25, 0.3) is 0 Å². The fourth-order valence-electron chi connectivity index (χ4n) is 4.63. The van der Waals surface area contributed by atoms with E-state index in [-0.39, 0.29) is 22.2 Å². The van der Waals surface area contributed by atoms with E-state index in [0.717, 1.165) is 10.6 Å². The Bertz CT molecular complexity index is 1030. The van der Waals surface area contributed by atoms with Gasteiger partial charge in [-0.15, -0.1) is 11.3 Å². The molecule has 2 aliphatic rings. The number of ether oxygens (including phenoxy) is 2. The molecule has 0 amide bonds. The molecule has 1 unspecified atom stereocenters. The maximum Gasteiger partial charge on any atom is 0.338 e. The molecule has 1 aliphatic heterocycles. The molecule has 160 valence electrons. The lowest BCUT2D eigenvalue weighted by atomic mass is 9.62. The van der Waals surface area contributed by atoms with Crippen molar-refractivity contribution in [3.05, 3.63) is 57.3 Å². The third-order valence-corrected chi connectivity index (χ3v) is 8.28. The molecule has 1 aromatic heterocycles. The number of benzene rings is 1. The summed E-state index contributed by atoms with van der Waals surface area (Å²) in [7, 11) is 0. The van der Waals surface area contributed by atoms with Crippen LogP contribution in [0.4, 0.5) is 0 Å². The number of thiophene rings is 1. The molecule has 0 N–H and O–H groups in total. The SMILES string of the molecule is C=C(CC)C(=O)Oc1csc(C2(C)COc3cc4c(cc32)C(C)(C)CCC4(C)C)c1. The number of carbonyl (C=O) groups excluding carboxylic acids is 1. The van der Waals surface area contributed by atoms with Crippen LogP contribution in [0.3, 0.4) is 0 Å². The van der Waals surface area contributed by atoms with E-state index in [9.17, 15) is 4.79 Å². The molecule has 2 heterocycles. The van der Waals surface area contributed by atoms with Crippen molar-refractivity contribution in [3.8, 4) is 11.5 Å². The Morgan fingerprint density at radius 2 is 1.70 bits per heavy atom. The molecule has 0 radical (unpaired) electrons. The number of carbonyl (C=O) groups is 1. The molecule has 0 bridgehead atoms. The summed E-state index contributed by atoms with van der Waals surface area (Å²) in [5.74, 6) is 1.23. The van der Waals surface area contributed by atoms with Gasteiger partial charge in [0.2, 0.25) is 0 Å². The van der Waals surface area contributed by atoms with E-state index in [1.807, 2.05) is 18.4 Å². The minimum absolute atomic E-state index is 0.153. The first-order chi connectivity index (χ1) is 14.0. The van der Waals surface area contributed by atoms with Crippen LogP contribution in [0.1, 0.15) is 82.4 Å². The van der Waals surface area contributed by atoms with Crippen molar-refractivity contribution in [2.24, 2.45) is 0 Å². The minimum atomic E-state index is -0.354. The first-order valence-electron chi connectivity index (χ1n) is 10.8. The van der Waals surface area contributed by atoms with E-state index < -0.39 is 0 Å². The molecule has 1 aliphatic carbocycles. The van der Waals surface area contributed by atoms with Crippen LogP contribution >= 0.6 is 11.3 Å². The second-order valence-electron chi connectivity index (χ2n) is 10.3. The predicted octanol–water partition coefficient (Wildman–Crippen LogP) is 6.67. The van der Waals surface area contributed by atoms with Gasteiger partial charge in [-0.3, -0.25) is 0 Å². The van der Waals surface area contributed by atoms with Crippen molar-refractivity contribution >= 4 is 17.3 Å². The van der Waals surface area contributed by atoms with Gasteiger partial charge >= 0.3 is 5.97 Å². The van der Waals surface area contributed by atoms with Crippen molar-refractivity contribution < 1.29 is 14.3 Å². The minimum Gasteiger partial charge on any atom is -0.492 e. The van der Waals surface area contributed by atoms with Crippen molar-refractivity contribution in [2.45, 2.75) is 77.0 Å². The average Bonchev–Trinajstić information content (AvgIpc) is 3.30. The van der Waals surface area contributed by atoms with Gasteiger partial charge in [-0.25, -0.2) is 4.79 Å². The van der Waals surface area contributed by atoms with Crippen molar-refractivity contribution in [2.75, 3.05) is 6.61 Å². The number of hydrogen-bond donors (Lipinski definition) is 0. The van der Waals surface area contributed by atoms with Gasteiger partial charge in [0, 0.05) is 21.4 Å². The topological polar surface area (TPSA) is 35.5 Å². The summed E-state index contributed by atoms with van der Waals surface area (Å²) in [6, 6.07) is 6.66. The summed E-state index contributed by atoms with van der Waals surface area (Å²) in [6.07, 6.45) is 2.96. The van der Waals surface area contributed by atoms with Crippen LogP contribution in [0.15, 0.2) is 35.7 Å². The second-order valence-corrected chi connectivity index (χ2v) is 11.2. The lowest BCUT2D eigenvalue weighted by Crippen LogP contribution is -2.34. The molecule has 30 heavy (non-hydrogen) atoms. The highest BCUT2D eigenvalue weighted by Crippen LogP contribution is 2.53. The molecular weight excluding hydrogens is 392 g/mol. The Balaban J connectivity index is 1.73. The molecule has 1 aromatic carbocycles. The van der Waals surface area contributed by atoms with Crippen LogP contribution in [0.5, 0.6) is 11.5 Å². The van der Waals surface area contributed by atoms with Crippen molar-refractivity contribution in [1.82, 2.24) is 0 Å². The number of rotatable bonds is 4. The monoisotopic (exact) mass is 424 g/mol. The van der Waals surface area contributed by atoms with Crippen LogP contribution in [0, 0.1) is 0 Å². The van der Waals surface area contributed by atoms with Crippen LogP contribution in [0.25, 0.3) is 0 Å². The summed E-state index contributed by atoms with van der Waals surface area (Å²) in [5.41, 5.74) is 4.65. The molecule has 0 saturated heterocycles. The molecule has 4 heteroatoms. The first kappa shape index (κ1) is 21.2. The summed E-state index contributed by atoms with van der Waals surface area (Å²) in [6.45, 7) is 17.9. The molecule has 1 atom stereocenters. The van der Waals surface area contributed by atoms with Gasteiger partial charge < -0.3 is 9.47 Å². The van der Waals surface area contributed by atoms with Crippen molar-refractivity contribution in [1.29, 1.82) is 0 Å². The molecule has 0 saturated carbocycles. The van der Waals surface area contributed by atoms with Gasteiger partial charge in [-0.05, 0) is 60.3 Å². The zero-order valence-corrected chi connectivity index (χ0v) is 19.8. The smallest absolute Gasteiger partial charge is 0.338 e. The molecular formula is C26H32O3S. The Labute approximate surface area is 184 Å². The van der Waals surface area contributed by atoms with E-state index in [2.05, 4.69) is 53.3 Å². The van der Waals surface area contributed by atoms with Gasteiger partial charge in [-0.2, -0.15) is 0 Å². The zero-order valence-electron chi connectivity index (χ0n) is 19.0. The van der Waals surface area contributed by atoms with E-state index in [1.54, 1.807) is 11.3 Å². The Morgan fingerprint density at radius 3 is 2.33 bits per heavy atom. The highest BCUT2D eigenvalue weighted by Gasteiger charge is 2.44. The zero-order chi connectivity index (χ0) is 21.9. The Kier molecular flexibility index (Phi) is 4.93. The largest absolute Gasteiger partial charge is 0.492 e. The maximum absolute atomic E-state index is 12.1. The highest BCUT2D eigenvalue weighted by atomic mass is 32.1. The quantitative estimate of drug-likeness (QED) is 0.406. The van der Waals surface area contributed by atoms with E-state index in [4.69, 9.17) is 9.47 Å². The van der Waals surface area contributed by atoms with E-state index in [1.165, 1.54) is 29.5 Å². The summed E-state index contributed by atoms with van der Waals surface area (Å²) in [4.78, 5) is 13.3. The summed E-state index contributed by atoms with van der Waals surface area (Å²) < 4.78 is 11.7. The lowest BCUT2D eigenvalue weighted by molar-refractivity contribution is -0.130. The Hall–Kier alpha value is -2.07. The third-order valence-electron chi connectivity index (χ3n) is 7.11. The summed E-state index contributed by atoms with van der Waals surface area (Å²) >= 11 is 1.62. The van der Waals surface area contributed by atoms with Crippen molar-refractivity contribution in [3.63, 3.8) is 0 Å². The normalized spacial score (nSPS) is 23.3. The van der Waals surface area contributed by atoms with Gasteiger partial charge in [-0.1, -0.05) is 47.3 Å². The fourth-order valence-corrected chi connectivity index (χ4v) is 5.61. The van der Waals surface area contributed by atoms with Crippen LogP contribution in [-0.2, 0) is 21.0 Å². The van der Waals surface area contributed by atoms with Crippen LogP contribution < -0.4 is 9.47 Å². The first-order valence-corrected chi connectivity index (χ1v) is 11.7. The molecule has 2 aromatic rings. The van der Waals surface area contributed by atoms with E-state index in [0.29, 0.717) is 24.4 Å². The van der Waals surface area contributed by atoms with Gasteiger partial charge in [0.1, 0.15) is 18.1 Å². The maximum atomic E-state index is 12.1. The molecule has 4 rings (SSSR count). The lowest BCUT2D eigenvalue weighted by Gasteiger charge is -2.42. The predicted molar refractivity (Wildman–Crippen MR) is 123 cm³/mol. The van der Waals surface area contributed by atoms with Gasteiger partial charge in [0.15, 0.2) is 0 Å².